The van der Waals surface area contributed by atoms with Crippen molar-refractivity contribution in [2.45, 2.75) is 38.5 Å². The molecule has 0 atom stereocenters. The van der Waals surface area contributed by atoms with E-state index in [1.807, 2.05) is 12.1 Å². The van der Waals surface area contributed by atoms with Crippen LogP contribution in [0.2, 0.25) is 25.7 Å². The van der Waals surface area contributed by atoms with Crippen molar-refractivity contribution in [1.82, 2.24) is 0 Å². The van der Waals surface area contributed by atoms with E-state index in [1.165, 1.54) is 12.8 Å². The first kappa shape index (κ1) is 16.2. The summed E-state index contributed by atoms with van der Waals surface area (Å²) in [6, 6.07) is 7.09. The van der Waals surface area contributed by atoms with Gasteiger partial charge in [-0.3, -0.25) is 0 Å². The smallest absolute Gasteiger partial charge is 0.189 e. The summed E-state index contributed by atoms with van der Waals surface area (Å²) in [7, 11) is -1.02. The number of benzene rings is 1. The lowest BCUT2D eigenvalue weighted by Gasteiger charge is -2.20. The molecule has 5 heteroatoms. The summed E-state index contributed by atoms with van der Waals surface area (Å²) < 4.78 is 11.2. The van der Waals surface area contributed by atoms with Gasteiger partial charge < -0.3 is 20.1 Å². The molecule has 4 nitrogen and oxygen atoms in total. The summed E-state index contributed by atoms with van der Waals surface area (Å²) in [6.45, 7) is 10.3. The molecule has 1 aliphatic heterocycles. The Morgan fingerprint density at radius 3 is 2.52 bits per heavy atom. The minimum atomic E-state index is -1.02. The monoisotopic (exact) mass is 308 g/mol. The van der Waals surface area contributed by atoms with Crippen LogP contribution < -0.4 is 15.4 Å². The second kappa shape index (κ2) is 7.18. The Balaban J connectivity index is 1.78. The maximum absolute atomic E-state index is 6.13. The van der Waals surface area contributed by atoms with Crippen molar-refractivity contribution in [3.8, 4) is 5.75 Å². The van der Waals surface area contributed by atoms with Crippen LogP contribution in [-0.4, -0.2) is 34.6 Å². The second-order valence-electron chi connectivity index (χ2n) is 6.90. The van der Waals surface area contributed by atoms with Crippen LogP contribution in [0.15, 0.2) is 18.2 Å². The SMILES string of the molecule is C[Si](C)(C)CCOCOc1ccc(N2CCCC2)c(N)c1. The van der Waals surface area contributed by atoms with Crippen LogP contribution in [0, 0.1) is 0 Å². The molecule has 1 aliphatic rings. The predicted molar refractivity (Wildman–Crippen MR) is 91.9 cm³/mol. The fraction of sp³-hybridized carbons (Fsp3) is 0.625. The number of nitrogens with zero attached hydrogens (tertiary/aromatic N) is 1. The lowest BCUT2D eigenvalue weighted by molar-refractivity contribution is 0.0221. The van der Waals surface area contributed by atoms with E-state index in [2.05, 4.69) is 30.6 Å². The minimum absolute atomic E-state index is 0.299. The van der Waals surface area contributed by atoms with Crippen LogP contribution in [0.3, 0.4) is 0 Å². The predicted octanol–water partition coefficient (Wildman–Crippen LogP) is 3.56. The number of rotatable bonds is 7. The van der Waals surface area contributed by atoms with Gasteiger partial charge >= 0.3 is 0 Å². The first-order valence-corrected chi connectivity index (χ1v) is 11.5. The van der Waals surface area contributed by atoms with Crippen molar-refractivity contribution in [2.24, 2.45) is 0 Å². The molecule has 0 aliphatic carbocycles. The van der Waals surface area contributed by atoms with Crippen LogP contribution in [-0.2, 0) is 4.74 Å². The molecular weight excluding hydrogens is 280 g/mol. The van der Waals surface area contributed by atoms with Crippen molar-refractivity contribution >= 4 is 19.4 Å². The van der Waals surface area contributed by atoms with Gasteiger partial charge in [-0.15, -0.1) is 0 Å². The van der Waals surface area contributed by atoms with Crippen molar-refractivity contribution in [3.63, 3.8) is 0 Å². The molecule has 0 spiro atoms. The maximum Gasteiger partial charge on any atom is 0.189 e. The highest BCUT2D eigenvalue weighted by molar-refractivity contribution is 6.76. The largest absolute Gasteiger partial charge is 0.467 e. The highest BCUT2D eigenvalue weighted by Gasteiger charge is 2.15. The maximum atomic E-state index is 6.13. The van der Waals surface area contributed by atoms with Crippen LogP contribution in [0.4, 0.5) is 11.4 Å². The van der Waals surface area contributed by atoms with Crippen LogP contribution in [0.5, 0.6) is 5.75 Å². The van der Waals surface area contributed by atoms with E-state index >= 15 is 0 Å². The topological polar surface area (TPSA) is 47.7 Å². The lowest BCUT2D eigenvalue weighted by atomic mass is 10.2. The summed E-state index contributed by atoms with van der Waals surface area (Å²) >= 11 is 0. The summed E-state index contributed by atoms with van der Waals surface area (Å²) in [4.78, 5) is 2.34. The fourth-order valence-corrected chi connectivity index (χ4v) is 3.17. The lowest BCUT2D eigenvalue weighted by Crippen LogP contribution is -2.22. The highest BCUT2D eigenvalue weighted by Crippen LogP contribution is 2.30. The Bertz CT molecular complexity index is 454. The van der Waals surface area contributed by atoms with Gasteiger partial charge in [0.2, 0.25) is 0 Å². The van der Waals surface area contributed by atoms with Gasteiger partial charge in [0.1, 0.15) is 5.75 Å². The van der Waals surface area contributed by atoms with E-state index in [-0.39, 0.29) is 0 Å². The van der Waals surface area contributed by atoms with Crippen molar-refractivity contribution < 1.29 is 9.47 Å². The molecule has 1 fully saturated rings. The molecule has 0 saturated carbocycles. The van der Waals surface area contributed by atoms with Crippen LogP contribution >= 0.6 is 0 Å². The Labute approximate surface area is 129 Å². The van der Waals surface area contributed by atoms with Crippen molar-refractivity contribution in [1.29, 1.82) is 0 Å². The van der Waals surface area contributed by atoms with E-state index < -0.39 is 8.07 Å². The Kier molecular flexibility index (Phi) is 5.53. The van der Waals surface area contributed by atoms with Crippen LogP contribution in [0.25, 0.3) is 0 Å². The van der Waals surface area contributed by atoms with Crippen molar-refractivity contribution in [3.05, 3.63) is 18.2 Å². The average molecular weight is 308 g/mol. The van der Waals surface area contributed by atoms with Gasteiger partial charge in [-0.25, -0.2) is 0 Å². The first-order valence-electron chi connectivity index (χ1n) is 7.81. The number of hydrogen-bond donors (Lipinski definition) is 1. The Hall–Kier alpha value is -1.20. The summed E-state index contributed by atoms with van der Waals surface area (Å²) in [6.07, 6.45) is 2.51. The van der Waals surface area contributed by atoms with Gasteiger partial charge in [-0.1, -0.05) is 19.6 Å². The van der Waals surface area contributed by atoms with Crippen molar-refractivity contribution in [2.75, 3.05) is 37.1 Å². The molecule has 1 aromatic rings. The average Bonchev–Trinajstić information content (AvgIpc) is 2.91. The quantitative estimate of drug-likeness (QED) is 0.362. The molecule has 0 amide bonds. The molecule has 0 bridgehead atoms. The van der Waals surface area contributed by atoms with Gasteiger partial charge in [0.15, 0.2) is 6.79 Å². The molecule has 0 radical (unpaired) electrons. The molecule has 0 unspecified atom stereocenters. The number of nitrogen functional groups attached to an aromatic ring is 1. The molecule has 118 valence electrons. The molecule has 21 heavy (non-hydrogen) atoms. The van der Waals surface area contributed by atoms with Gasteiger partial charge in [-0.05, 0) is 31.0 Å². The second-order valence-corrected chi connectivity index (χ2v) is 12.5. The molecular formula is C16H28N2O2Si. The Morgan fingerprint density at radius 1 is 1.19 bits per heavy atom. The zero-order valence-electron chi connectivity index (χ0n) is 13.5. The summed E-state index contributed by atoms with van der Waals surface area (Å²) in [5, 5.41) is 0. The summed E-state index contributed by atoms with van der Waals surface area (Å²) in [5.41, 5.74) is 8.04. The van der Waals surface area contributed by atoms with Gasteiger partial charge in [0.25, 0.3) is 0 Å². The molecule has 1 saturated heterocycles. The molecule has 1 heterocycles. The zero-order chi connectivity index (χ0) is 15.3. The number of anilines is 2. The van der Waals surface area contributed by atoms with Gasteiger partial charge in [-0.2, -0.15) is 0 Å². The standard InChI is InChI=1S/C16H28N2O2Si/c1-21(2,3)11-10-19-13-20-14-6-7-16(15(17)12-14)18-8-4-5-9-18/h6-7,12H,4-5,8-11,13,17H2,1-3H3. The van der Waals surface area contributed by atoms with E-state index in [1.54, 1.807) is 0 Å². The van der Waals surface area contributed by atoms with Crippen LogP contribution in [0.1, 0.15) is 12.8 Å². The molecule has 0 aromatic heterocycles. The minimum Gasteiger partial charge on any atom is -0.467 e. The van der Waals surface area contributed by atoms with E-state index in [9.17, 15) is 0 Å². The van der Waals surface area contributed by atoms with Gasteiger partial charge in [0.05, 0.1) is 11.4 Å². The number of ether oxygens (including phenoxy) is 2. The van der Waals surface area contributed by atoms with E-state index in [0.717, 1.165) is 42.9 Å². The molecule has 2 N–H and O–H groups in total. The summed E-state index contributed by atoms with van der Waals surface area (Å²) in [5.74, 6) is 0.781. The zero-order valence-corrected chi connectivity index (χ0v) is 14.5. The van der Waals surface area contributed by atoms with E-state index in [0.29, 0.717) is 6.79 Å². The third kappa shape index (κ3) is 5.25. The number of nitrogens with two attached hydrogens (primary N) is 1. The normalized spacial score (nSPS) is 15.5. The fourth-order valence-electron chi connectivity index (χ4n) is 2.42. The van der Waals surface area contributed by atoms with Gasteiger partial charge in [0, 0.05) is 33.8 Å². The third-order valence-electron chi connectivity index (χ3n) is 3.75. The number of hydrogen-bond acceptors (Lipinski definition) is 4. The first-order chi connectivity index (χ1) is 9.96. The third-order valence-corrected chi connectivity index (χ3v) is 5.46. The van der Waals surface area contributed by atoms with E-state index in [4.69, 9.17) is 15.2 Å². The molecule has 2 rings (SSSR count). The molecule has 1 aromatic carbocycles. The Morgan fingerprint density at radius 2 is 1.90 bits per heavy atom. The highest BCUT2D eigenvalue weighted by atomic mass is 28.3.